The molecule has 0 bridgehead atoms. The lowest BCUT2D eigenvalue weighted by atomic mass is 9.92. The molecule has 0 amide bonds. The number of hydrogen-bond donors (Lipinski definition) is 1. The molecule has 1 N–H and O–H groups in total. The summed E-state index contributed by atoms with van der Waals surface area (Å²) in [6.45, 7) is 1.06. The molecule has 0 fully saturated rings. The molecule has 0 saturated carbocycles. The van der Waals surface area contributed by atoms with Gasteiger partial charge in [0.05, 0.1) is 0 Å². The molecular weight excluding hydrogens is 254 g/mol. The zero-order valence-corrected chi connectivity index (χ0v) is 11.9. The van der Waals surface area contributed by atoms with Crippen LogP contribution in [0.1, 0.15) is 16.7 Å². The smallest absolute Gasteiger partial charge is 0.0379 e. The Morgan fingerprint density at radius 3 is 2.52 bits per heavy atom. The fourth-order valence-corrected chi connectivity index (χ4v) is 4.08. The fourth-order valence-electron chi connectivity index (χ4n) is 4.08. The van der Waals surface area contributed by atoms with Crippen molar-refractivity contribution in [1.29, 1.82) is 0 Å². The Morgan fingerprint density at radius 2 is 1.57 bits per heavy atom. The van der Waals surface area contributed by atoms with Crippen molar-refractivity contribution >= 4 is 16.5 Å². The molecule has 1 aliphatic carbocycles. The van der Waals surface area contributed by atoms with Gasteiger partial charge in [0.2, 0.25) is 0 Å². The number of aryl methyl sites for hydroxylation is 2. The van der Waals surface area contributed by atoms with E-state index in [9.17, 15) is 0 Å². The lowest BCUT2D eigenvalue weighted by Gasteiger charge is -2.12. The molecule has 3 aromatic carbocycles. The minimum absolute atomic E-state index is 1.06. The number of nitrogens with one attached hydrogen (secondary N) is 1. The van der Waals surface area contributed by atoms with Gasteiger partial charge in [-0.05, 0) is 63.9 Å². The van der Waals surface area contributed by atoms with Crippen molar-refractivity contribution in [2.75, 3.05) is 11.9 Å². The van der Waals surface area contributed by atoms with Crippen LogP contribution in [0.4, 0.5) is 5.69 Å². The zero-order valence-electron chi connectivity index (χ0n) is 11.9. The summed E-state index contributed by atoms with van der Waals surface area (Å²) in [4.78, 5) is 0. The summed E-state index contributed by atoms with van der Waals surface area (Å²) in [6.07, 6.45) is 3.53. The topological polar surface area (TPSA) is 12.0 Å². The number of benzene rings is 3. The first-order valence-corrected chi connectivity index (χ1v) is 7.81. The molecule has 5 rings (SSSR count). The van der Waals surface area contributed by atoms with E-state index in [-0.39, 0.29) is 0 Å². The molecule has 0 unspecified atom stereocenters. The molecule has 1 heterocycles. The van der Waals surface area contributed by atoms with Crippen LogP contribution in [0.15, 0.2) is 48.5 Å². The second-order valence-corrected chi connectivity index (χ2v) is 6.12. The van der Waals surface area contributed by atoms with Gasteiger partial charge in [0.1, 0.15) is 0 Å². The van der Waals surface area contributed by atoms with Gasteiger partial charge in [0.15, 0.2) is 0 Å². The Bertz CT molecular complexity index is 866. The second kappa shape index (κ2) is 4.11. The highest BCUT2D eigenvalue weighted by molar-refractivity contribution is 6.02. The second-order valence-electron chi connectivity index (χ2n) is 6.12. The Balaban J connectivity index is 1.86. The van der Waals surface area contributed by atoms with Crippen LogP contribution in [-0.4, -0.2) is 6.54 Å². The third kappa shape index (κ3) is 1.52. The first-order valence-electron chi connectivity index (χ1n) is 7.81. The molecule has 0 aromatic heterocycles. The van der Waals surface area contributed by atoms with Gasteiger partial charge in [-0.2, -0.15) is 0 Å². The highest BCUT2D eigenvalue weighted by atomic mass is 14.9. The minimum atomic E-state index is 1.06. The number of anilines is 1. The van der Waals surface area contributed by atoms with Crippen molar-refractivity contribution in [3.63, 3.8) is 0 Å². The van der Waals surface area contributed by atoms with Crippen molar-refractivity contribution in [2.45, 2.75) is 19.3 Å². The molecule has 3 aromatic rings. The summed E-state index contributed by atoms with van der Waals surface area (Å²) in [5.74, 6) is 0. The average Bonchev–Trinajstić information content (AvgIpc) is 3.16. The van der Waals surface area contributed by atoms with Gasteiger partial charge in [-0.15, -0.1) is 0 Å². The van der Waals surface area contributed by atoms with Gasteiger partial charge in [-0.25, -0.2) is 0 Å². The fraction of sp³-hybridized carbons (Fsp3) is 0.200. The van der Waals surface area contributed by atoms with Crippen LogP contribution in [0.5, 0.6) is 0 Å². The highest BCUT2D eigenvalue weighted by Crippen LogP contribution is 2.40. The standard InChI is InChI=1S/C20H17N/c1-3-13-7-8-14-9-10-16(18(5-1)20(13)14)15-4-2-6-19-17(15)11-12-21-19/h1-6,9-10,21H,7-8,11-12H2. The molecule has 1 nitrogen and oxygen atoms in total. The monoisotopic (exact) mass is 271 g/mol. The Kier molecular flexibility index (Phi) is 2.23. The van der Waals surface area contributed by atoms with Crippen LogP contribution in [0.2, 0.25) is 0 Å². The lowest BCUT2D eigenvalue weighted by molar-refractivity contribution is 1.02. The summed E-state index contributed by atoms with van der Waals surface area (Å²) in [5, 5.41) is 6.44. The van der Waals surface area contributed by atoms with E-state index in [0.717, 1.165) is 13.0 Å². The Morgan fingerprint density at radius 1 is 0.714 bits per heavy atom. The van der Waals surface area contributed by atoms with E-state index in [2.05, 4.69) is 53.8 Å². The number of rotatable bonds is 1. The maximum atomic E-state index is 3.49. The van der Waals surface area contributed by atoms with Crippen LogP contribution >= 0.6 is 0 Å². The van der Waals surface area contributed by atoms with E-state index in [1.165, 1.54) is 57.1 Å². The maximum absolute atomic E-state index is 3.49. The molecule has 2 aliphatic rings. The van der Waals surface area contributed by atoms with E-state index in [4.69, 9.17) is 0 Å². The lowest BCUT2D eigenvalue weighted by Crippen LogP contribution is -1.90. The van der Waals surface area contributed by atoms with Crippen molar-refractivity contribution in [1.82, 2.24) is 0 Å². The first-order chi connectivity index (χ1) is 10.4. The van der Waals surface area contributed by atoms with E-state index in [1.54, 1.807) is 0 Å². The maximum Gasteiger partial charge on any atom is 0.0379 e. The third-order valence-corrected chi connectivity index (χ3v) is 5.03. The molecule has 102 valence electrons. The van der Waals surface area contributed by atoms with Gasteiger partial charge in [-0.3, -0.25) is 0 Å². The van der Waals surface area contributed by atoms with E-state index in [1.807, 2.05) is 0 Å². The normalized spacial score (nSPS) is 15.2. The summed E-state index contributed by atoms with van der Waals surface area (Å²) in [6, 6.07) is 18.1. The first kappa shape index (κ1) is 11.4. The summed E-state index contributed by atoms with van der Waals surface area (Å²) < 4.78 is 0. The molecule has 1 aliphatic heterocycles. The summed E-state index contributed by atoms with van der Waals surface area (Å²) in [5.41, 5.74) is 8.66. The predicted molar refractivity (Wildman–Crippen MR) is 89.0 cm³/mol. The van der Waals surface area contributed by atoms with Crippen LogP contribution in [0, 0.1) is 0 Å². The molecule has 0 spiro atoms. The number of hydrogen-bond acceptors (Lipinski definition) is 1. The summed E-state index contributed by atoms with van der Waals surface area (Å²) in [7, 11) is 0. The van der Waals surface area contributed by atoms with E-state index >= 15 is 0 Å². The molecule has 0 saturated heterocycles. The molecular formula is C20H17N. The van der Waals surface area contributed by atoms with Gasteiger partial charge in [0.25, 0.3) is 0 Å². The highest BCUT2D eigenvalue weighted by Gasteiger charge is 2.19. The third-order valence-electron chi connectivity index (χ3n) is 5.03. The molecule has 1 heteroatoms. The molecule has 0 radical (unpaired) electrons. The van der Waals surface area contributed by atoms with Crippen molar-refractivity contribution in [3.8, 4) is 11.1 Å². The average molecular weight is 271 g/mol. The zero-order chi connectivity index (χ0) is 13.8. The van der Waals surface area contributed by atoms with Crippen LogP contribution in [-0.2, 0) is 19.3 Å². The van der Waals surface area contributed by atoms with Crippen molar-refractivity contribution in [3.05, 3.63) is 65.2 Å². The van der Waals surface area contributed by atoms with Crippen LogP contribution < -0.4 is 5.32 Å². The largest absolute Gasteiger partial charge is 0.384 e. The van der Waals surface area contributed by atoms with Crippen LogP contribution in [0.3, 0.4) is 0 Å². The van der Waals surface area contributed by atoms with Crippen molar-refractivity contribution in [2.24, 2.45) is 0 Å². The van der Waals surface area contributed by atoms with Gasteiger partial charge in [-0.1, -0.05) is 42.5 Å². The van der Waals surface area contributed by atoms with E-state index in [0.29, 0.717) is 0 Å². The molecule has 0 atom stereocenters. The Labute approximate surface area is 124 Å². The molecule has 21 heavy (non-hydrogen) atoms. The van der Waals surface area contributed by atoms with E-state index < -0.39 is 0 Å². The van der Waals surface area contributed by atoms with Gasteiger partial charge in [0, 0.05) is 12.2 Å². The quantitative estimate of drug-likeness (QED) is 0.683. The van der Waals surface area contributed by atoms with Crippen LogP contribution in [0.25, 0.3) is 21.9 Å². The minimum Gasteiger partial charge on any atom is -0.384 e. The predicted octanol–water partition coefficient (Wildman–Crippen LogP) is 4.57. The van der Waals surface area contributed by atoms with Crippen molar-refractivity contribution < 1.29 is 0 Å². The van der Waals surface area contributed by atoms with Gasteiger partial charge >= 0.3 is 0 Å². The Hall–Kier alpha value is -2.28. The van der Waals surface area contributed by atoms with Gasteiger partial charge < -0.3 is 5.32 Å². The SMILES string of the molecule is c1cc2c(c(-c3ccc4c5c(cccc35)CC4)c1)CCN2. The summed E-state index contributed by atoms with van der Waals surface area (Å²) >= 11 is 0. The number of fused-ring (bicyclic) bond motifs is 1.